The van der Waals surface area contributed by atoms with Crippen LogP contribution in [0.5, 0.6) is 5.75 Å². The van der Waals surface area contributed by atoms with Crippen LogP contribution in [-0.2, 0) is 6.61 Å². The molecule has 0 spiro atoms. The van der Waals surface area contributed by atoms with E-state index in [4.69, 9.17) is 16.3 Å². The number of benzene rings is 3. The molecule has 0 aliphatic carbocycles. The number of ether oxygens (including phenoxy) is 1. The third-order valence-corrected chi connectivity index (χ3v) is 3.95. The second kappa shape index (κ2) is 7.28. The normalized spacial score (nSPS) is 10.4. The van der Waals surface area contributed by atoms with E-state index in [0.29, 0.717) is 40.4 Å². The van der Waals surface area contributed by atoms with E-state index in [2.05, 4.69) is 0 Å². The number of aldehydes is 1. The lowest BCUT2D eigenvalue weighted by Gasteiger charge is -2.11. The molecule has 0 unspecified atom stereocenters. The van der Waals surface area contributed by atoms with Crippen molar-refractivity contribution in [3.63, 3.8) is 0 Å². The standard InChI is InChI=1S/C20H14ClFO2/c21-20-9-6-16(22)11-19(20)18-8-7-17(10-15(18)12-23)24-13-14-4-2-1-3-5-14/h1-12H,13H2. The summed E-state index contributed by atoms with van der Waals surface area (Å²) in [7, 11) is 0. The second-order valence-electron chi connectivity index (χ2n) is 5.27. The molecule has 0 N–H and O–H groups in total. The number of carbonyl (C=O) groups is 1. The summed E-state index contributed by atoms with van der Waals surface area (Å²) >= 11 is 6.13. The summed E-state index contributed by atoms with van der Waals surface area (Å²) in [6, 6.07) is 18.9. The molecule has 120 valence electrons. The van der Waals surface area contributed by atoms with E-state index in [1.165, 1.54) is 18.2 Å². The summed E-state index contributed by atoms with van der Waals surface area (Å²) in [6.45, 7) is 0.402. The third kappa shape index (κ3) is 3.63. The van der Waals surface area contributed by atoms with Crippen LogP contribution in [0.3, 0.4) is 0 Å². The van der Waals surface area contributed by atoms with Crippen molar-refractivity contribution in [2.24, 2.45) is 0 Å². The Morgan fingerprint density at radius 3 is 2.50 bits per heavy atom. The fraction of sp³-hybridized carbons (Fsp3) is 0.0500. The highest BCUT2D eigenvalue weighted by Crippen LogP contribution is 2.32. The minimum Gasteiger partial charge on any atom is -0.489 e. The second-order valence-corrected chi connectivity index (χ2v) is 5.67. The molecular weight excluding hydrogens is 327 g/mol. The highest BCUT2D eigenvalue weighted by atomic mass is 35.5. The monoisotopic (exact) mass is 340 g/mol. The van der Waals surface area contributed by atoms with Crippen LogP contribution in [0.2, 0.25) is 5.02 Å². The molecular formula is C20H14ClFO2. The molecule has 0 fully saturated rings. The van der Waals surface area contributed by atoms with Crippen molar-refractivity contribution in [3.8, 4) is 16.9 Å². The van der Waals surface area contributed by atoms with Gasteiger partial charge in [0.05, 0.1) is 0 Å². The SMILES string of the molecule is O=Cc1cc(OCc2ccccc2)ccc1-c1cc(F)ccc1Cl. The van der Waals surface area contributed by atoms with Crippen LogP contribution in [0.1, 0.15) is 15.9 Å². The maximum absolute atomic E-state index is 13.5. The van der Waals surface area contributed by atoms with Crippen molar-refractivity contribution in [1.82, 2.24) is 0 Å². The smallest absolute Gasteiger partial charge is 0.150 e. The lowest BCUT2D eigenvalue weighted by atomic mass is 10.00. The Labute approximate surface area is 144 Å². The highest BCUT2D eigenvalue weighted by molar-refractivity contribution is 6.33. The van der Waals surface area contributed by atoms with Gasteiger partial charge in [-0.1, -0.05) is 41.9 Å². The van der Waals surface area contributed by atoms with Gasteiger partial charge in [-0.05, 0) is 47.5 Å². The van der Waals surface area contributed by atoms with Crippen LogP contribution in [0.15, 0.2) is 66.7 Å². The van der Waals surface area contributed by atoms with Crippen LogP contribution < -0.4 is 4.74 Å². The van der Waals surface area contributed by atoms with Crippen molar-refractivity contribution in [3.05, 3.63) is 88.7 Å². The topological polar surface area (TPSA) is 26.3 Å². The number of carbonyl (C=O) groups excluding carboxylic acids is 1. The zero-order valence-electron chi connectivity index (χ0n) is 12.7. The molecule has 0 aliphatic heterocycles. The highest BCUT2D eigenvalue weighted by Gasteiger charge is 2.11. The summed E-state index contributed by atoms with van der Waals surface area (Å²) in [6.07, 6.45) is 0.714. The molecule has 0 amide bonds. The van der Waals surface area contributed by atoms with Crippen LogP contribution in [0.4, 0.5) is 4.39 Å². The molecule has 0 radical (unpaired) electrons. The van der Waals surface area contributed by atoms with E-state index in [1.54, 1.807) is 18.2 Å². The molecule has 2 nitrogen and oxygen atoms in total. The number of hydrogen-bond donors (Lipinski definition) is 0. The van der Waals surface area contributed by atoms with Gasteiger partial charge in [-0.3, -0.25) is 4.79 Å². The third-order valence-electron chi connectivity index (χ3n) is 3.62. The van der Waals surface area contributed by atoms with Crippen LogP contribution in [0.25, 0.3) is 11.1 Å². The average Bonchev–Trinajstić information content (AvgIpc) is 2.62. The number of halogens is 2. The average molecular weight is 341 g/mol. The summed E-state index contributed by atoms with van der Waals surface area (Å²) in [4.78, 5) is 11.4. The lowest BCUT2D eigenvalue weighted by Crippen LogP contribution is -1.97. The van der Waals surface area contributed by atoms with Crippen molar-refractivity contribution in [2.45, 2.75) is 6.61 Å². The molecule has 0 aliphatic rings. The Hall–Kier alpha value is -2.65. The maximum atomic E-state index is 13.5. The Balaban J connectivity index is 1.88. The quantitative estimate of drug-likeness (QED) is 0.570. The molecule has 0 atom stereocenters. The fourth-order valence-electron chi connectivity index (χ4n) is 2.42. The zero-order chi connectivity index (χ0) is 16.9. The van der Waals surface area contributed by atoms with Crippen molar-refractivity contribution in [1.29, 1.82) is 0 Å². The fourth-order valence-corrected chi connectivity index (χ4v) is 2.64. The minimum atomic E-state index is -0.407. The van der Waals surface area contributed by atoms with E-state index in [0.717, 1.165) is 5.56 Å². The molecule has 0 heterocycles. The van der Waals surface area contributed by atoms with Gasteiger partial charge in [0.15, 0.2) is 6.29 Å². The van der Waals surface area contributed by atoms with Gasteiger partial charge in [0.25, 0.3) is 0 Å². The first-order valence-electron chi connectivity index (χ1n) is 7.39. The van der Waals surface area contributed by atoms with Crippen LogP contribution in [0, 0.1) is 5.82 Å². The molecule has 24 heavy (non-hydrogen) atoms. The molecule has 0 aromatic heterocycles. The zero-order valence-corrected chi connectivity index (χ0v) is 13.5. The molecule has 3 aromatic carbocycles. The van der Waals surface area contributed by atoms with Crippen molar-refractivity contribution >= 4 is 17.9 Å². The molecule has 3 aromatic rings. The van der Waals surface area contributed by atoms with E-state index in [9.17, 15) is 9.18 Å². The van der Waals surface area contributed by atoms with Gasteiger partial charge in [-0.25, -0.2) is 4.39 Å². The van der Waals surface area contributed by atoms with E-state index < -0.39 is 5.82 Å². The van der Waals surface area contributed by atoms with Gasteiger partial charge in [-0.2, -0.15) is 0 Å². The van der Waals surface area contributed by atoms with Crippen molar-refractivity contribution in [2.75, 3.05) is 0 Å². The lowest BCUT2D eigenvalue weighted by molar-refractivity contribution is 0.112. The Morgan fingerprint density at radius 1 is 0.958 bits per heavy atom. The Bertz CT molecular complexity index is 863. The Morgan fingerprint density at radius 2 is 1.75 bits per heavy atom. The maximum Gasteiger partial charge on any atom is 0.150 e. The van der Waals surface area contributed by atoms with Crippen molar-refractivity contribution < 1.29 is 13.9 Å². The first kappa shape index (κ1) is 16.2. The van der Waals surface area contributed by atoms with Gasteiger partial charge in [0.1, 0.15) is 18.2 Å². The van der Waals surface area contributed by atoms with E-state index in [-0.39, 0.29) is 0 Å². The van der Waals surface area contributed by atoms with E-state index in [1.807, 2.05) is 30.3 Å². The van der Waals surface area contributed by atoms with Crippen LogP contribution in [-0.4, -0.2) is 6.29 Å². The van der Waals surface area contributed by atoms with Gasteiger partial charge in [0.2, 0.25) is 0 Å². The Kier molecular flexibility index (Phi) is 4.92. The molecule has 0 saturated carbocycles. The summed E-state index contributed by atoms with van der Waals surface area (Å²) in [5.74, 6) is 0.160. The van der Waals surface area contributed by atoms with Gasteiger partial charge in [-0.15, -0.1) is 0 Å². The molecule has 3 rings (SSSR count). The molecule has 4 heteroatoms. The van der Waals surface area contributed by atoms with Gasteiger partial charge in [0, 0.05) is 16.1 Å². The summed E-state index contributed by atoms with van der Waals surface area (Å²) < 4.78 is 19.2. The first-order chi connectivity index (χ1) is 11.7. The summed E-state index contributed by atoms with van der Waals surface area (Å²) in [5, 5.41) is 0.387. The molecule has 0 saturated heterocycles. The number of rotatable bonds is 5. The number of hydrogen-bond acceptors (Lipinski definition) is 2. The predicted molar refractivity (Wildman–Crippen MR) is 93.0 cm³/mol. The summed E-state index contributed by atoms with van der Waals surface area (Å²) in [5.41, 5.74) is 2.48. The van der Waals surface area contributed by atoms with Crippen LogP contribution >= 0.6 is 11.6 Å². The first-order valence-corrected chi connectivity index (χ1v) is 7.76. The van der Waals surface area contributed by atoms with Gasteiger partial charge < -0.3 is 4.74 Å². The predicted octanol–water partition coefficient (Wildman–Crippen LogP) is 5.54. The van der Waals surface area contributed by atoms with E-state index >= 15 is 0 Å². The minimum absolute atomic E-state index is 0.387. The van der Waals surface area contributed by atoms with Gasteiger partial charge >= 0.3 is 0 Å². The largest absolute Gasteiger partial charge is 0.489 e. The molecule has 0 bridgehead atoms.